The van der Waals surface area contributed by atoms with Crippen LogP contribution in [-0.4, -0.2) is 51.0 Å². The second-order valence-electron chi connectivity index (χ2n) is 7.92. The number of nitrogens with zero attached hydrogens (tertiary/aromatic N) is 2. The van der Waals surface area contributed by atoms with Crippen LogP contribution >= 0.6 is 12.2 Å². The summed E-state index contributed by atoms with van der Waals surface area (Å²) < 4.78 is 5.34. The Bertz CT molecular complexity index is 1250. The molecule has 1 atom stereocenters. The van der Waals surface area contributed by atoms with Crippen molar-refractivity contribution in [3.05, 3.63) is 77.6 Å². The largest absolute Gasteiger partial charge is 0.462 e. The van der Waals surface area contributed by atoms with Gasteiger partial charge in [-0.2, -0.15) is 0 Å². The maximum absolute atomic E-state index is 13.4. The molecule has 2 aromatic carbocycles. The number of para-hydroxylation sites is 1. The molecule has 3 heterocycles. The highest BCUT2D eigenvalue weighted by Crippen LogP contribution is 2.36. The Labute approximate surface area is 191 Å². The Hall–Kier alpha value is -3.45. The predicted molar refractivity (Wildman–Crippen MR) is 127 cm³/mol. The van der Waals surface area contributed by atoms with Crippen molar-refractivity contribution in [1.82, 2.24) is 14.8 Å². The molecule has 0 spiro atoms. The number of carbonyl (C=O) groups is 2. The van der Waals surface area contributed by atoms with Gasteiger partial charge in [-0.3, -0.25) is 9.69 Å². The lowest BCUT2D eigenvalue weighted by molar-refractivity contribution is -0.136. The van der Waals surface area contributed by atoms with Crippen molar-refractivity contribution in [3.8, 4) is 0 Å². The van der Waals surface area contributed by atoms with Gasteiger partial charge in [-0.05, 0) is 42.8 Å². The van der Waals surface area contributed by atoms with E-state index >= 15 is 0 Å². The van der Waals surface area contributed by atoms with Crippen molar-refractivity contribution in [3.63, 3.8) is 0 Å². The first-order chi connectivity index (χ1) is 15.6. The van der Waals surface area contributed by atoms with E-state index in [0.717, 1.165) is 22.0 Å². The third kappa shape index (κ3) is 3.39. The van der Waals surface area contributed by atoms with Crippen LogP contribution in [0, 0.1) is 0 Å². The van der Waals surface area contributed by atoms with E-state index in [0.29, 0.717) is 35.8 Å². The molecule has 1 fully saturated rings. The van der Waals surface area contributed by atoms with Crippen LogP contribution in [0.3, 0.4) is 0 Å². The molecule has 2 aliphatic heterocycles. The average molecular weight is 446 g/mol. The number of benzene rings is 2. The number of amides is 1. The van der Waals surface area contributed by atoms with Gasteiger partial charge in [-0.25, -0.2) is 4.79 Å². The van der Waals surface area contributed by atoms with Crippen molar-refractivity contribution in [2.24, 2.45) is 0 Å². The average Bonchev–Trinajstić information content (AvgIpc) is 3.20. The van der Waals surface area contributed by atoms with Gasteiger partial charge in [-0.1, -0.05) is 48.5 Å². The van der Waals surface area contributed by atoms with Gasteiger partial charge >= 0.3 is 5.97 Å². The van der Waals surface area contributed by atoms with Gasteiger partial charge in [0, 0.05) is 30.1 Å². The summed E-state index contributed by atoms with van der Waals surface area (Å²) in [5.41, 5.74) is 4.10. The highest BCUT2D eigenvalue weighted by Gasteiger charge is 2.44. The van der Waals surface area contributed by atoms with Gasteiger partial charge < -0.3 is 14.6 Å². The van der Waals surface area contributed by atoms with E-state index in [4.69, 9.17) is 17.0 Å². The fourth-order valence-corrected chi connectivity index (χ4v) is 4.85. The molecule has 0 aliphatic carbocycles. The highest BCUT2D eigenvalue weighted by molar-refractivity contribution is 7.80. The molecule has 0 bridgehead atoms. The number of ether oxygens (including phenoxy) is 1. The Balaban J connectivity index is 1.53. The van der Waals surface area contributed by atoms with E-state index in [1.807, 2.05) is 54.6 Å². The number of hydrogen-bond donors (Lipinski definition) is 1. The van der Waals surface area contributed by atoms with Crippen LogP contribution in [0.1, 0.15) is 23.7 Å². The van der Waals surface area contributed by atoms with Crippen LogP contribution < -0.4 is 0 Å². The molecule has 3 aromatic rings. The summed E-state index contributed by atoms with van der Waals surface area (Å²) in [6.07, 6.45) is 2.85. The van der Waals surface area contributed by atoms with E-state index in [9.17, 15) is 9.59 Å². The molecule has 1 saturated heterocycles. The van der Waals surface area contributed by atoms with Crippen LogP contribution in [-0.2, 0) is 27.2 Å². The predicted octanol–water partition coefficient (Wildman–Crippen LogP) is 3.67. The fraction of sp³-hybridized carbons (Fsp3) is 0.240. The smallest absolute Gasteiger partial charge is 0.341 e. The molecule has 162 valence electrons. The summed E-state index contributed by atoms with van der Waals surface area (Å²) in [4.78, 5) is 33.1. The van der Waals surface area contributed by atoms with Gasteiger partial charge in [0.25, 0.3) is 5.91 Å². The van der Waals surface area contributed by atoms with E-state index in [2.05, 4.69) is 4.98 Å². The summed E-state index contributed by atoms with van der Waals surface area (Å²) in [6.45, 7) is 2.54. The molecule has 6 nitrogen and oxygen atoms in total. The summed E-state index contributed by atoms with van der Waals surface area (Å²) in [5.74, 6) is -0.470. The van der Waals surface area contributed by atoms with E-state index in [1.165, 1.54) is 0 Å². The van der Waals surface area contributed by atoms with Crippen LogP contribution in [0.4, 0.5) is 0 Å². The first-order valence-corrected chi connectivity index (χ1v) is 11.2. The van der Waals surface area contributed by atoms with Gasteiger partial charge in [0.2, 0.25) is 0 Å². The van der Waals surface area contributed by atoms with Crippen LogP contribution in [0.2, 0.25) is 0 Å². The minimum atomic E-state index is -0.483. The molecule has 1 N–H and O–H groups in total. The molecular formula is C25H23N3O3S. The summed E-state index contributed by atoms with van der Waals surface area (Å²) in [6, 6.07) is 17.4. The molecule has 5 rings (SSSR count). The second-order valence-corrected chi connectivity index (χ2v) is 8.29. The lowest BCUT2D eigenvalue weighted by Gasteiger charge is -2.19. The zero-order chi connectivity index (χ0) is 22.2. The van der Waals surface area contributed by atoms with Gasteiger partial charge in [-0.15, -0.1) is 0 Å². The maximum atomic E-state index is 13.4. The summed E-state index contributed by atoms with van der Waals surface area (Å²) in [7, 11) is 0. The molecule has 32 heavy (non-hydrogen) atoms. The van der Waals surface area contributed by atoms with Crippen molar-refractivity contribution < 1.29 is 14.3 Å². The Kier molecular flexibility index (Phi) is 5.27. The number of esters is 1. The van der Waals surface area contributed by atoms with Crippen molar-refractivity contribution in [2.75, 3.05) is 13.2 Å². The minimum absolute atomic E-state index is 0.0384. The third-order valence-corrected chi connectivity index (χ3v) is 6.48. The molecule has 1 amide bonds. The number of H-pyrrole nitrogens is 1. The van der Waals surface area contributed by atoms with Gasteiger partial charge in [0.05, 0.1) is 17.9 Å². The Morgan fingerprint density at radius 2 is 1.91 bits per heavy atom. The summed E-state index contributed by atoms with van der Waals surface area (Å²) in [5, 5.41) is 1.42. The summed E-state index contributed by atoms with van der Waals surface area (Å²) >= 11 is 5.70. The number of fused-ring (bicyclic) bond motifs is 4. The number of aromatic nitrogens is 1. The third-order valence-electron chi connectivity index (χ3n) is 6.05. The Morgan fingerprint density at radius 1 is 1.16 bits per heavy atom. The second kappa shape index (κ2) is 8.24. The van der Waals surface area contributed by atoms with E-state index in [-0.39, 0.29) is 12.5 Å². The van der Waals surface area contributed by atoms with Crippen LogP contribution in [0.15, 0.2) is 60.8 Å². The minimum Gasteiger partial charge on any atom is -0.462 e. The molecule has 0 radical (unpaired) electrons. The molecule has 7 heteroatoms. The standard InChI is InChI=1S/C25H23N3O3S/c1-2-31-24(30)19-15-28-21(14-18-17-10-6-7-11-20(17)26-22(18)19)23(29)27(25(28)32)13-12-16-8-4-3-5-9-16/h3-11,15,21,26H,2,12-14H2,1H3/t21-/m1/s1. The molecular weight excluding hydrogens is 422 g/mol. The zero-order valence-corrected chi connectivity index (χ0v) is 18.5. The van der Waals surface area contributed by atoms with Crippen molar-refractivity contribution in [2.45, 2.75) is 25.8 Å². The van der Waals surface area contributed by atoms with Crippen molar-refractivity contribution >= 4 is 45.7 Å². The number of nitrogens with one attached hydrogen (secondary N) is 1. The monoisotopic (exact) mass is 445 g/mol. The lowest BCUT2D eigenvalue weighted by atomic mass is 10.0. The number of carbonyl (C=O) groups excluding carboxylic acids is 2. The number of hydrogen-bond acceptors (Lipinski definition) is 4. The topological polar surface area (TPSA) is 65.6 Å². The molecule has 0 unspecified atom stereocenters. The quantitative estimate of drug-likeness (QED) is 0.480. The molecule has 1 aromatic heterocycles. The fourth-order valence-electron chi connectivity index (χ4n) is 4.49. The number of aromatic amines is 1. The van der Waals surface area contributed by atoms with Crippen molar-refractivity contribution in [1.29, 1.82) is 0 Å². The lowest BCUT2D eigenvalue weighted by Crippen LogP contribution is -2.33. The number of rotatable bonds is 5. The maximum Gasteiger partial charge on any atom is 0.341 e. The first-order valence-electron chi connectivity index (χ1n) is 10.7. The Morgan fingerprint density at radius 3 is 2.69 bits per heavy atom. The normalized spacial score (nSPS) is 17.8. The van der Waals surface area contributed by atoms with Crippen LogP contribution in [0.25, 0.3) is 16.5 Å². The van der Waals surface area contributed by atoms with Crippen LogP contribution in [0.5, 0.6) is 0 Å². The zero-order valence-electron chi connectivity index (χ0n) is 17.7. The van der Waals surface area contributed by atoms with Gasteiger partial charge in [0.15, 0.2) is 5.11 Å². The van der Waals surface area contributed by atoms with E-state index < -0.39 is 12.0 Å². The molecule has 0 saturated carbocycles. The number of thiocarbonyl (C=S) groups is 1. The van der Waals surface area contributed by atoms with E-state index in [1.54, 1.807) is 22.9 Å². The molecule has 2 aliphatic rings. The van der Waals surface area contributed by atoms with Gasteiger partial charge in [0.1, 0.15) is 6.04 Å². The highest BCUT2D eigenvalue weighted by atomic mass is 32.1. The SMILES string of the molecule is CCOC(=O)C1=CN2C(=S)N(CCc3ccccc3)C(=O)[C@H]2Cc2c1[nH]c1ccccc21. The first kappa shape index (κ1) is 20.5.